The van der Waals surface area contributed by atoms with Gasteiger partial charge in [-0.15, -0.1) is 0 Å². The van der Waals surface area contributed by atoms with Crippen molar-refractivity contribution in [2.45, 2.75) is 20.8 Å². The summed E-state index contributed by atoms with van der Waals surface area (Å²) in [5, 5.41) is 0. The molecule has 0 bridgehead atoms. The number of piperazine rings is 1. The van der Waals surface area contributed by atoms with E-state index in [1.165, 1.54) is 6.54 Å². The summed E-state index contributed by atoms with van der Waals surface area (Å²) < 4.78 is 0. The smallest absolute Gasteiger partial charge is 0.152 e. The van der Waals surface area contributed by atoms with Crippen LogP contribution in [0.1, 0.15) is 29.8 Å². The first-order valence-corrected chi connectivity index (χ1v) is 7.13. The second-order valence-corrected chi connectivity index (χ2v) is 5.86. The lowest BCUT2D eigenvalue weighted by atomic mass is 10.1. The number of carbonyl (C=O) groups is 1. The third kappa shape index (κ3) is 3.57. The number of hydrogen-bond donors (Lipinski definition) is 0. The van der Waals surface area contributed by atoms with Gasteiger partial charge in [-0.1, -0.05) is 25.5 Å². The molecule has 0 spiro atoms. The molecule has 0 N–H and O–H groups in total. The zero-order chi connectivity index (χ0) is 13.8. The highest BCUT2D eigenvalue weighted by molar-refractivity contribution is 5.85. The molecule has 1 aromatic carbocycles. The van der Waals surface area contributed by atoms with Crippen LogP contribution in [0.25, 0.3) is 0 Å². The maximum absolute atomic E-state index is 11.2. The maximum Gasteiger partial charge on any atom is 0.152 e. The molecule has 1 aliphatic heterocycles. The van der Waals surface area contributed by atoms with E-state index in [2.05, 4.69) is 35.8 Å². The predicted molar refractivity (Wildman–Crippen MR) is 80.1 cm³/mol. The molecule has 104 valence electrons. The quantitative estimate of drug-likeness (QED) is 0.777. The number of anilines is 1. The summed E-state index contributed by atoms with van der Waals surface area (Å²) in [4.78, 5) is 16.0. The Hall–Kier alpha value is -1.35. The average molecular weight is 260 g/mol. The van der Waals surface area contributed by atoms with Crippen LogP contribution in [0, 0.1) is 12.8 Å². The van der Waals surface area contributed by atoms with Gasteiger partial charge in [-0.05, 0) is 25.0 Å². The van der Waals surface area contributed by atoms with Crippen molar-refractivity contribution in [2.24, 2.45) is 5.92 Å². The molecular weight excluding hydrogens is 236 g/mol. The van der Waals surface area contributed by atoms with E-state index in [4.69, 9.17) is 0 Å². The summed E-state index contributed by atoms with van der Waals surface area (Å²) in [5.74, 6) is 0.719. The third-order valence-corrected chi connectivity index (χ3v) is 3.65. The molecule has 1 saturated heterocycles. The van der Waals surface area contributed by atoms with E-state index in [0.29, 0.717) is 0 Å². The topological polar surface area (TPSA) is 23.6 Å². The predicted octanol–water partition coefficient (Wildman–Crippen LogP) is 2.59. The lowest BCUT2D eigenvalue weighted by molar-refractivity contribution is 0.112. The molecule has 0 unspecified atom stereocenters. The van der Waals surface area contributed by atoms with Crippen molar-refractivity contribution < 1.29 is 4.79 Å². The molecule has 19 heavy (non-hydrogen) atoms. The lowest BCUT2D eigenvalue weighted by Crippen LogP contribution is -2.47. The van der Waals surface area contributed by atoms with Gasteiger partial charge in [0.05, 0.1) is 0 Å². The molecule has 0 radical (unpaired) electrons. The zero-order valence-electron chi connectivity index (χ0n) is 12.2. The van der Waals surface area contributed by atoms with Crippen LogP contribution >= 0.6 is 0 Å². The van der Waals surface area contributed by atoms with E-state index < -0.39 is 0 Å². The number of rotatable bonds is 4. The van der Waals surface area contributed by atoms with E-state index in [-0.39, 0.29) is 0 Å². The lowest BCUT2D eigenvalue weighted by Gasteiger charge is -2.37. The van der Waals surface area contributed by atoms with Crippen molar-refractivity contribution in [1.29, 1.82) is 0 Å². The molecule has 1 heterocycles. The summed E-state index contributed by atoms with van der Waals surface area (Å²) in [6, 6.07) is 6.14. The van der Waals surface area contributed by atoms with Gasteiger partial charge in [-0.2, -0.15) is 0 Å². The minimum atomic E-state index is 0.719. The van der Waals surface area contributed by atoms with Crippen molar-refractivity contribution in [3.63, 3.8) is 0 Å². The second-order valence-electron chi connectivity index (χ2n) is 5.86. The molecule has 0 amide bonds. The molecule has 3 heteroatoms. The number of nitrogens with zero attached hydrogens (tertiary/aromatic N) is 2. The number of hydrogen-bond acceptors (Lipinski definition) is 3. The monoisotopic (exact) mass is 260 g/mol. The van der Waals surface area contributed by atoms with E-state index in [1.54, 1.807) is 0 Å². The van der Waals surface area contributed by atoms with Crippen molar-refractivity contribution in [3.8, 4) is 0 Å². The fraction of sp³-hybridized carbons (Fsp3) is 0.562. The maximum atomic E-state index is 11.2. The fourth-order valence-electron chi connectivity index (χ4n) is 2.74. The van der Waals surface area contributed by atoms with E-state index in [1.807, 2.05) is 13.0 Å². The summed E-state index contributed by atoms with van der Waals surface area (Å²) in [5.41, 5.74) is 3.05. The van der Waals surface area contributed by atoms with Crippen LogP contribution in [0.2, 0.25) is 0 Å². The average Bonchev–Trinajstić information content (AvgIpc) is 2.39. The first-order chi connectivity index (χ1) is 9.10. The van der Waals surface area contributed by atoms with Gasteiger partial charge in [0.15, 0.2) is 6.29 Å². The van der Waals surface area contributed by atoms with E-state index >= 15 is 0 Å². The number of carbonyl (C=O) groups excluding carboxylic acids is 1. The molecular formula is C16H24N2O. The molecule has 1 aromatic rings. The Morgan fingerprint density at radius 2 is 1.89 bits per heavy atom. The largest absolute Gasteiger partial charge is 0.368 e. The molecule has 0 aromatic heterocycles. The Bertz CT molecular complexity index is 434. The van der Waals surface area contributed by atoms with Crippen LogP contribution in [0.5, 0.6) is 0 Å². The van der Waals surface area contributed by atoms with Gasteiger partial charge in [0.2, 0.25) is 0 Å². The standard InChI is InChI=1S/C16H24N2O/c1-13(2)11-17-6-8-18(9-7-17)16-5-4-14(3)10-15(16)12-19/h4-5,10,12-13H,6-9,11H2,1-3H3. The Labute approximate surface area is 116 Å². The van der Waals surface area contributed by atoms with Crippen LogP contribution < -0.4 is 4.90 Å². The summed E-state index contributed by atoms with van der Waals surface area (Å²) in [6.45, 7) is 11.9. The van der Waals surface area contributed by atoms with Crippen LogP contribution in [0.3, 0.4) is 0 Å². The molecule has 1 aliphatic rings. The van der Waals surface area contributed by atoms with Gasteiger partial charge in [0.1, 0.15) is 0 Å². The van der Waals surface area contributed by atoms with Crippen LogP contribution in [-0.2, 0) is 0 Å². The first kappa shape index (κ1) is 14.1. The minimum Gasteiger partial charge on any atom is -0.368 e. The Kier molecular flexibility index (Phi) is 4.59. The second kappa shape index (κ2) is 6.20. The first-order valence-electron chi connectivity index (χ1n) is 7.13. The van der Waals surface area contributed by atoms with E-state index in [0.717, 1.165) is 55.2 Å². The highest BCUT2D eigenvalue weighted by atomic mass is 16.1. The molecule has 0 aliphatic carbocycles. The molecule has 2 rings (SSSR count). The van der Waals surface area contributed by atoms with Crippen molar-refractivity contribution >= 4 is 12.0 Å². The van der Waals surface area contributed by atoms with E-state index in [9.17, 15) is 4.79 Å². The number of aryl methyl sites for hydroxylation is 1. The Morgan fingerprint density at radius 1 is 1.21 bits per heavy atom. The Balaban J connectivity index is 2.03. The summed E-state index contributed by atoms with van der Waals surface area (Å²) >= 11 is 0. The summed E-state index contributed by atoms with van der Waals surface area (Å²) in [6.07, 6.45) is 0.975. The van der Waals surface area contributed by atoms with Gasteiger partial charge in [-0.25, -0.2) is 0 Å². The van der Waals surface area contributed by atoms with Crippen molar-refractivity contribution in [3.05, 3.63) is 29.3 Å². The molecule has 3 nitrogen and oxygen atoms in total. The van der Waals surface area contributed by atoms with Crippen LogP contribution in [0.4, 0.5) is 5.69 Å². The van der Waals surface area contributed by atoms with Gasteiger partial charge in [0.25, 0.3) is 0 Å². The highest BCUT2D eigenvalue weighted by Gasteiger charge is 2.19. The number of aldehydes is 1. The van der Waals surface area contributed by atoms with Gasteiger partial charge < -0.3 is 4.90 Å². The van der Waals surface area contributed by atoms with Crippen LogP contribution in [-0.4, -0.2) is 43.9 Å². The van der Waals surface area contributed by atoms with Crippen molar-refractivity contribution in [1.82, 2.24) is 4.90 Å². The highest BCUT2D eigenvalue weighted by Crippen LogP contribution is 2.22. The summed E-state index contributed by atoms with van der Waals surface area (Å²) in [7, 11) is 0. The Morgan fingerprint density at radius 3 is 2.47 bits per heavy atom. The van der Waals surface area contributed by atoms with Crippen molar-refractivity contribution in [2.75, 3.05) is 37.6 Å². The van der Waals surface area contributed by atoms with Crippen LogP contribution in [0.15, 0.2) is 18.2 Å². The molecule has 0 saturated carbocycles. The van der Waals surface area contributed by atoms with Gasteiger partial charge >= 0.3 is 0 Å². The van der Waals surface area contributed by atoms with Gasteiger partial charge in [-0.3, -0.25) is 9.69 Å². The SMILES string of the molecule is Cc1ccc(N2CCN(CC(C)C)CC2)c(C=O)c1. The minimum absolute atomic E-state index is 0.719. The normalized spacial score (nSPS) is 16.9. The third-order valence-electron chi connectivity index (χ3n) is 3.65. The fourth-order valence-corrected chi connectivity index (χ4v) is 2.74. The molecule has 1 fully saturated rings. The number of benzene rings is 1. The zero-order valence-corrected chi connectivity index (χ0v) is 12.2. The molecule has 0 atom stereocenters. The van der Waals surface area contributed by atoms with Gasteiger partial charge in [0, 0.05) is 44.0 Å².